The molecular weight excluding hydrogens is 566 g/mol. The highest BCUT2D eigenvalue weighted by molar-refractivity contribution is 5.76. The van der Waals surface area contributed by atoms with Gasteiger partial charge in [-0.25, -0.2) is 0 Å². The average Bonchev–Trinajstić information content (AvgIpc) is 3.06. The average molecular weight is 646 g/mol. The molecule has 4 heteroatoms. The fourth-order valence-electron chi connectivity index (χ4n) is 5.94. The van der Waals surface area contributed by atoms with Crippen LogP contribution in [-0.4, -0.2) is 34.9 Å². The van der Waals surface area contributed by atoms with Gasteiger partial charge < -0.3 is 15.5 Å². The topological polar surface area (TPSA) is 69.6 Å². The molecule has 0 saturated carbocycles. The number of nitrogens with one attached hydrogen (secondary N) is 1. The molecule has 0 rings (SSSR count). The lowest BCUT2D eigenvalue weighted by Gasteiger charge is -2.19. The number of aliphatic hydroxyl groups is 2. The van der Waals surface area contributed by atoms with Crippen LogP contribution >= 0.6 is 0 Å². The second kappa shape index (κ2) is 38.1. The van der Waals surface area contributed by atoms with Crippen molar-refractivity contribution in [2.75, 3.05) is 6.61 Å². The Kier molecular flexibility index (Phi) is 36.9. The van der Waals surface area contributed by atoms with Crippen molar-refractivity contribution in [3.8, 4) is 0 Å². The lowest BCUT2D eigenvalue weighted by Crippen LogP contribution is -2.45. The fourth-order valence-corrected chi connectivity index (χ4v) is 5.94. The van der Waals surface area contributed by atoms with Crippen molar-refractivity contribution in [2.24, 2.45) is 0 Å². The second-order valence-electron chi connectivity index (χ2n) is 13.7. The van der Waals surface area contributed by atoms with Crippen molar-refractivity contribution in [3.05, 3.63) is 36.5 Å². The molecule has 4 nitrogen and oxygen atoms in total. The Hall–Kier alpha value is -1.39. The molecule has 0 aromatic heterocycles. The Balaban J connectivity index is 3.58. The number of amides is 1. The third kappa shape index (κ3) is 34.0. The summed E-state index contributed by atoms with van der Waals surface area (Å²) in [4.78, 5) is 12.3. The summed E-state index contributed by atoms with van der Waals surface area (Å²) in [6.45, 7) is 4.24. The quantitative estimate of drug-likeness (QED) is 0.0469. The lowest BCUT2D eigenvalue weighted by molar-refractivity contribution is -0.123. The number of allylic oxidation sites excluding steroid dienone is 5. The molecular formula is C42H79NO3. The summed E-state index contributed by atoms with van der Waals surface area (Å²) in [5, 5.41) is 22.8. The molecule has 270 valence electrons. The summed E-state index contributed by atoms with van der Waals surface area (Å²) < 4.78 is 0. The Morgan fingerprint density at radius 3 is 1.33 bits per heavy atom. The van der Waals surface area contributed by atoms with Gasteiger partial charge in [0.2, 0.25) is 5.91 Å². The third-order valence-electron chi connectivity index (χ3n) is 9.10. The highest BCUT2D eigenvalue weighted by Crippen LogP contribution is 2.15. The van der Waals surface area contributed by atoms with Crippen LogP contribution in [0, 0.1) is 0 Å². The van der Waals surface area contributed by atoms with E-state index in [1.54, 1.807) is 6.08 Å². The summed E-state index contributed by atoms with van der Waals surface area (Å²) in [5.74, 6) is -0.0894. The van der Waals surface area contributed by atoms with Crippen LogP contribution in [0.4, 0.5) is 0 Å². The first kappa shape index (κ1) is 44.6. The number of unbranched alkanes of at least 4 members (excludes halogenated alkanes) is 25. The molecule has 2 unspecified atom stereocenters. The van der Waals surface area contributed by atoms with Gasteiger partial charge in [-0.3, -0.25) is 4.79 Å². The molecule has 46 heavy (non-hydrogen) atoms. The zero-order valence-corrected chi connectivity index (χ0v) is 30.8. The van der Waals surface area contributed by atoms with E-state index >= 15 is 0 Å². The number of hydrogen-bond donors (Lipinski definition) is 3. The molecule has 0 spiro atoms. The van der Waals surface area contributed by atoms with E-state index in [4.69, 9.17) is 0 Å². The van der Waals surface area contributed by atoms with Crippen LogP contribution in [0.25, 0.3) is 0 Å². The van der Waals surface area contributed by atoms with Gasteiger partial charge >= 0.3 is 0 Å². The lowest BCUT2D eigenvalue weighted by atomic mass is 10.0. The molecule has 0 bridgehead atoms. The minimum Gasteiger partial charge on any atom is -0.394 e. The van der Waals surface area contributed by atoms with Gasteiger partial charge in [0.15, 0.2) is 0 Å². The van der Waals surface area contributed by atoms with E-state index in [2.05, 4.69) is 43.5 Å². The third-order valence-corrected chi connectivity index (χ3v) is 9.10. The molecule has 0 aliphatic rings. The van der Waals surface area contributed by atoms with Crippen LogP contribution in [0.5, 0.6) is 0 Å². The van der Waals surface area contributed by atoms with Gasteiger partial charge in [-0.1, -0.05) is 185 Å². The molecule has 0 heterocycles. The normalized spacial score (nSPS) is 13.4. The van der Waals surface area contributed by atoms with Gasteiger partial charge in [0, 0.05) is 6.42 Å². The van der Waals surface area contributed by atoms with Gasteiger partial charge in [-0.15, -0.1) is 0 Å². The summed E-state index contributed by atoms with van der Waals surface area (Å²) in [6.07, 6.45) is 49.7. The Morgan fingerprint density at radius 2 is 0.870 bits per heavy atom. The fraction of sp³-hybridized carbons (Fsp3) is 0.833. The van der Waals surface area contributed by atoms with Gasteiger partial charge in [0.1, 0.15) is 0 Å². The van der Waals surface area contributed by atoms with Crippen LogP contribution in [0.15, 0.2) is 36.5 Å². The zero-order valence-electron chi connectivity index (χ0n) is 30.8. The van der Waals surface area contributed by atoms with Crippen LogP contribution < -0.4 is 5.32 Å². The maximum absolute atomic E-state index is 12.3. The molecule has 0 aromatic carbocycles. The van der Waals surface area contributed by atoms with Crippen molar-refractivity contribution in [2.45, 2.75) is 219 Å². The highest BCUT2D eigenvalue weighted by Gasteiger charge is 2.17. The monoisotopic (exact) mass is 646 g/mol. The summed E-state index contributed by atoms with van der Waals surface area (Å²) in [7, 11) is 0. The van der Waals surface area contributed by atoms with Crippen molar-refractivity contribution in [3.63, 3.8) is 0 Å². The molecule has 1 amide bonds. The van der Waals surface area contributed by atoms with Crippen molar-refractivity contribution < 1.29 is 15.0 Å². The van der Waals surface area contributed by atoms with E-state index < -0.39 is 12.1 Å². The molecule has 0 aliphatic heterocycles. The van der Waals surface area contributed by atoms with E-state index in [1.807, 2.05) is 6.08 Å². The molecule has 0 aliphatic carbocycles. The standard InChI is InChI=1S/C42H79NO3/c1-3-5-7-9-11-13-15-16-17-18-19-20-21-22-23-24-25-26-27-28-29-31-33-35-37-41(45)40(39-44)43-42(46)38-36-34-32-30-14-12-10-8-6-4-2/h10,12,28-29,35,37,40-41,44-45H,3-9,11,13-27,30-34,36,38-39H2,1-2H3,(H,43,46)/b12-10-,29-28+,37-35+. The SMILES string of the molecule is CCCC/C=C\CCCCCCC(=O)NC(CO)C(O)/C=C/CC/C=C/CCCCCCCCCCCCCCCCCCCC. The summed E-state index contributed by atoms with van der Waals surface area (Å²) in [6, 6.07) is -0.642. The minimum atomic E-state index is -0.864. The first-order chi connectivity index (χ1) is 22.7. The molecule has 0 saturated heterocycles. The number of carbonyl (C=O) groups is 1. The van der Waals surface area contributed by atoms with E-state index in [1.165, 1.54) is 141 Å². The first-order valence-electron chi connectivity index (χ1n) is 20.2. The van der Waals surface area contributed by atoms with Crippen LogP contribution in [-0.2, 0) is 4.79 Å². The van der Waals surface area contributed by atoms with Crippen LogP contribution in [0.2, 0.25) is 0 Å². The Bertz CT molecular complexity index is 701. The van der Waals surface area contributed by atoms with Crippen LogP contribution in [0.1, 0.15) is 206 Å². The van der Waals surface area contributed by atoms with Gasteiger partial charge in [0.05, 0.1) is 18.8 Å². The maximum Gasteiger partial charge on any atom is 0.220 e. The Labute approximate surface area is 287 Å². The molecule has 0 aromatic rings. The smallest absolute Gasteiger partial charge is 0.220 e. The minimum absolute atomic E-state index is 0.0894. The second-order valence-corrected chi connectivity index (χ2v) is 13.7. The number of hydrogen-bond acceptors (Lipinski definition) is 3. The Morgan fingerprint density at radius 1 is 0.500 bits per heavy atom. The van der Waals surface area contributed by atoms with Gasteiger partial charge in [0.25, 0.3) is 0 Å². The molecule has 2 atom stereocenters. The largest absolute Gasteiger partial charge is 0.394 e. The zero-order chi connectivity index (χ0) is 33.6. The van der Waals surface area contributed by atoms with Crippen molar-refractivity contribution in [1.82, 2.24) is 5.32 Å². The van der Waals surface area contributed by atoms with Crippen LogP contribution in [0.3, 0.4) is 0 Å². The number of rotatable bonds is 36. The van der Waals surface area contributed by atoms with Gasteiger partial charge in [-0.05, 0) is 51.4 Å². The molecule has 3 N–H and O–H groups in total. The predicted molar refractivity (Wildman–Crippen MR) is 202 cm³/mol. The van der Waals surface area contributed by atoms with E-state index in [0.717, 1.165) is 44.9 Å². The number of carbonyl (C=O) groups excluding carboxylic acids is 1. The van der Waals surface area contributed by atoms with E-state index in [-0.39, 0.29) is 12.5 Å². The first-order valence-corrected chi connectivity index (χ1v) is 20.2. The van der Waals surface area contributed by atoms with Crippen molar-refractivity contribution >= 4 is 5.91 Å². The summed E-state index contributed by atoms with van der Waals surface area (Å²) >= 11 is 0. The van der Waals surface area contributed by atoms with Crippen molar-refractivity contribution in [1.29, 1.82) is 0 Å². The van der Waals surface area contributed by atoms with E-state index in [9.17, 15) is 15.0 Å². The molecule has 0 fully saturated rings. The predicted octanol–water partition coefficient (Wildman–Crippen LogP) is 12.2. The van der Waals surface area contributed by atoms with Gasteiger partial charge in [-0.2, -0.15) is 0 Å². The summed E-state index contributed by atoms with van der Waals surface area (Å²) in [5.41, 5.74) is 0. The molecule has 0 radical (unpaired) electrons. The number of aliphatic hydroxyl groups excluding tert-OH is 2. The maximum atomic E-state index is 12.3. The highest BCUT2D eigenvalue weighted by atomic mass is 16.3. The van der Waals surface area contributed by atoms with E-state index in [0.29, 0.717) is 6.42 Å².